The summed E-state index contributed by atoms with van der Waals surface area (Å²) in [6.45, 7) is 3.93. The van der Waals surface area contributed by atoms with E-state index in [2.05, 4.69) is 58.1 Å². The lowest BCUT2D eigenvalue weighted by Crippen LogP contribution is -2.56. The number of ether oxygens (including phenoxy) is 1. The van der Waals surface area contributed by atoms with Crippen LogP contribution < -0.4 is 5.32 Å². The molecule has 3 aromatic rings. The third kappa shape index (κ3) is 4.66. The highest BCUT2D eigenvalue weighted by molar-refractivity contribution is 5.83. The summed E-state index contributed by atoms with van der Waals surface area (Å²) in [5, 5.41) is 3.30. The van der Waals surface area contributed by atoms with Gasteiger partial charge in [0.2, 0.25) is 5.91 Å². The van der Waals surface area contributed by atoms with Crippen molar-refractivity contribution in [3.63, 3.8) is 0 Å². The molecule has 8 heteroatoms. The Morgan fingerprint density at radius 2 is 1.68 bits per heavy atom. The van der Waals surface area contributed by atoms with Crippen LogP contribution in [0.5, 0.6) is 0 Å². The fourth-order valence-electron chi connectivity index (χ4n) is 6.95. The summed E-state index contributed by atoms with van der Waals surface area (Å²) in [5.41, 5.74) is 3.46. The first-order chi connectivity index (χ1) is 18.5. The molecule has 2 aromatic carbocycles. The Kier molecular flexibility index (Phi) is 6.82. The van der Waals surface area contributed by atoms with Crippen molar-refractivity contribution >= 4 is 23.0 Å². The lowest BCUT2D eigenvalue weighted by molar-refractivity contribution is -0.130. The van der Waals surface area contributed by atoms with Crippen LogP contribution in [0.25, 0.3) is 11.0 Å². The van der Waals surface area contributed by atoms with Gasteiger partial charge in [-0.2, -0.15) is 0 Å². The minimum Gasteiger partial charge on any atom is -0.453 e. The van der Waals surface area contributed by atoms with E-state index in [4.69, 9.17) is 9.72 Å². The van der Waals surface area contributed by atoms with E-state index in [0.29, 0.717) is 31.2 Å². The summed E-state index contributed by atoms with van der Waals surface area (Å²) in [5.74, 6) is 0.946. The summed E-state index contributed by atoms with van der Waals surface area (Å²) < 4.78 is 7.24. The number of carbonyl (C=O) groups is 2. The van der Waals surface area contributed by atoms with E-state index < -0.39 is 0 Å². The molecule has 8 nitrogen and oxygen atoms in total. The van der Waals surface area contributed by atoms with E-state index in [-0.39, 0.29) is 24.0 Å². The van der Waals surface area contributed by atoms with Gasteiger partial charge in [-0.3, -0.25) is 9.69 Å². The van der Waals surface area contributed by atoms with Crippen LogP contribution >= 0.6 is 0 Å². The zero-order valence-corrected chi connectivity index (χ0v) is 22.3. The predicted molar refractivity (Wildman–Crippen MR) is 146 cm³/mol. The van der Waals surface area contributed by atoms with Crippen molar-refractivity contribution in [3.8, 4) is 0 Å². The molecular formula is C30H37N5O3. The van der Waals surface area contributed by atoms with Gasteiger partial charge in [0.25, 0.3) is 0 Å². The van der Waals surface area contributed by atoms with Gasteiger partial charge in [0, 0.05) is 37.8 Å². The largest absolute Gasteiger partial charge is 0.453 e. The van der Waals surface area contributed by atoms with E-state index in [9.17, 15) is 9.59 Å². The molecule has 1 N–H and O–H groups in total. The number of amides is 2. The Balaban J connectivity index is 1.11. The number of piperidine rings is 1. The molecule has 0 saturated carbocycles. The van der Waals surface area contributed by atoms with Gasteiger partial charge in [-0.15, -0.1) is 0 Å². The van der Waals surface area contributed by atoms with Crippen molar-refractivity contribution in [2.24, 2.45) is 5.92 Å². The van der Waals surface area contributed by atoms with E-state index >= 15 is 0 Å². The molecule has 0 spiro atoms. The number of para-hydroxylation sites is 2. The molecule has 2 unspecified atom stereocenters. The summed E-state index contributed by atoms with van der Waals surface area (Å²) in [6.07, 6.45) is 5.26. The van der Waals surface area contributed by atoms with Crippen molar-refractivity contribution in [2.75, 3.05) is 26.7 Å². The summed E-state index contributed by atoms with van der Waals surface area (Å²) in [7, 11) is 1.37. The molecule has 3 atom stereocenters. The van der Waals surface area contributed by atoms with E-state index in [0.717, 1.165) is 42.7 Å². The molecule has 3 aliphatic heterocycles. The highest BCUT2D eigenvalue weighted by Gasteiger charge is 2.42. The minimum atomic E-state index is -0.369. The monoisotopic (exact) mass is 515 g/mol. The molecule has 4 heterocycles. The zero-order valence-electron chi connectivity index (χ0n) is 22.3. The van der Waals surface area contributed by atoms with E-state index in [1.54, 1.807) is 4.90 Å². The maximum absolute atomic E-state index is 13.1. The average Bonchev–Trinajstić information content (AvgIpc) is 3.36. The van der Waals surface area contributed by atoms with Crippen molar-refractivity contribution < 1.29 is 14.3 Å². The third-order valence-corrected chi connectivity index (χ3v) is 8.88. The van der Waals surface area contributed by atoms with Crippen molar-refractivity contribution in [2.45, 2.75) is 63.2 Å². The number of rotatable bonds is 7. The topological polar surface area (TPSA) is 79.7 Å². The Bertz CT molecular complexity index is 1290. The Labute approximate surface area is 224 Å². The molecule has 0 aliphatic carbocycles. The standard InChI is InChI=1S/C30H37N5O3/c1-20-31-27-10-6-7-11-28(27)35(20)25-16-23-12-13-24(17-25)34(23)15-14-26(21-8-4-3-5-9-21)32-29(36)22-18-33(19-22)30(37)38-2/h3-11,22-26H,12-19H2,1-2H3,(H,32,36)/t23?,24?,25?,26-/m0/s1. The van der Waals surface area contributed by atoms with Gasteiger partial charge in [-0.25, -0.2) is 9.78 Å². The number of hydrogen-bond acceptors (Lipinski definition) is 5. The van der Waals surface area contributed by atoms with E-state index in [1.807, 2.05) is 18.2 Å². The number of nitrogens with one attached hydrogen (secondary N) is 1. The zero-order chi connectivity index (χ0) is 26.2. The highest BCUT2D eigenvalue weighted by atomic mass is 16.5. The van der Waals surface area contributed by atoms with Crippen molar-refractivity contribution in [1.29, 1.82) is 0 Å². The fraction of sp³-hybridized carbons (Fsp3) is 0.500. The van der Waals surface area contributed by atoms with Crippen LogP contribution in [0.3, 0.4) is 0 Å². The first-order valence-electron chi connectivity index (χ1n) is 13.9. The minimum absolute atomic E-state index is 0.0168. The van der Waals surface area contributed by atoms with Gasteiger partial charge in [0.15, 0.2) is 0 Å². The lowest BCUT2D eigenvalue weighted by Gasteiger charge is -2.41. The molecule has 6 rings (SSSR count). The van der Waals surface area contributed by atoms with Gasteiger partial charge in [-0.1, -0.05) is 42.5 Å². The maximum Gasteiger partial charge on any atom is 0.409 e. The Morgan fingerprint density at radius 1 is 1.00 bits per heavy atom. The highest BCUT2D eigenvalue weighted by Crippen LogP contribution is 2.42. The second kappa shape index (κ2) is 10.4. The number of carbonyl (C=O) groups excluding carboxylic acids is 2. The number of benzene rings is 2. The molecule has 3 saturated heterocycles. The number of methoxy groups -OCH3 is 1. The van der Waals surface area contributed by atoms with E-state index in [1.165, 1.54) is 25.5 Å². The molecule has 2 bridgehead atoms. The van der Waals surface area contributed by atoms with Crippen LogP contribution in [0.4, 0.5) is 4.79 Å². The van der Waals surface area contributed by atoms with Crippen molar-refractivity contribution in [3.05, 3.63) is 66.0 Å². The Hall–Kier alpha value is -3.39. The average molecular weight is 516 g/mol. The van der Waals surface area contributed by atoms with Crippen LogP contribution in [0.1, 0.15) is 55.6 Å². The summed E-state index contributed by atoms with van der Waals surface area (Å²) >= 11 is 0. The van der Waals surface area contributed by atoms with Crippen LogP contribution in [0.2, 0.25) is 0 Å². The smallest absolute Gasteiger partial charge is 0.409 e. The number of nitrogens with zero attached hydrogens (tertiary/aromatic N) is 4. The second-order valence-corrected chi connectivity index (χ2v) is 11.1. The summed E-state index contributed by atoms with van der Waals surface area (Å²) in [4.78, 5) is 33.8. The lowest BCUT2D eigenvalue weighted by atomic mass is 9.94. The molecule has 3 aliphatic rings. The quantitative estimate of drug-likeness (QED) is 0.503. The molecule has 3 fully saturated rings. The number of likely N-dealkylation sites (tertiary alicyclic amines) is 1. The molecular weight excluding hydrogens is 478 g/mol. The van der Waals surface area contributed by atoms with Crippen LogP contribution in [0.15, 0.2) is 54.6 Å². The first kappa shape index (κ1) is 24.9. The molecule has 2 amide bonds. The molecule has 1 aromatic heterocycles. The van der Waals surface area contributed by atoms with Crippen LogP contribution in [0, 0.1) is 12.8 Å². The normalized spacial score (nSPS) is 24.3. The first-order valence-corrected chi connectivity index (χ1v) is 13.9. The molecule has 0 radical (unpaired) electrons. The van der Waals surface area contributed by atoms with Gasteiger partial charge >= 0.3 is 6.09 Å². The fourth-order valence-corrected chi connectivity index (χ4v) is 6.95. The molecule has 38 heavy (non-hydrogen) atoms. The Morgan fingerprint density at radius 3 is 2.39 bits per heavy atom. The molecule has 200 valence electrons. The van der Waals surface area contributed by atoms with Crippen molar-refractivity contribution in [1.82, 2.24) is 24.7 Å². The van der Waals surface area contributed by atoms with Gasteiger partial charge in [0.1, 0.15) is 5.82 Å². The number of hydrogen-bond donors (Lipinski definition) is 1. The second-order valence-electron chi connectivity index (χ2n) is 11.1. The predicted octanol–water partition coefficient (Wildman–Crippen LogP) is 4.46. The number of fused-ring (bicyclic) bond motifs is 3. The van der Waals surface area contributed by atoms with Gasteiger partial charge < -0.3 is 19.5 Å². The van der Waals surface area contributed by atoms with Gasteiger partial charge in [-0.05, 0) is 56.7 Å². The third-order valence-electron chi connectivity index (χ3n) is 8.88. The number of aromatic nitrogens is 2. The maximum atomic E-state index is 13.1. The summed E-state index contributed by atoms with van der Waals surface area (Å²) in [6, 6.07) is 20.3. The number of imidazole rings is 1. The van der Waals surface area contributed by atoms with Crippen LogP contribution in [-0.4, -0.2) is 70.2 Å². The van der Waals surface area contributed by atoms with Crippen LogP contribution in [-0.2, 0) is 9.53 Å². The number of aryl methyl sites for hydroxylation is 1. The SMILES string of the molecule is COC(=O)N1CC(C(=O)N[C@@H](CCN2C3CCC2CC(n2c(C)nc4ccccc42)C3)c2ccccc2)C1. The van der Waals surface area contributed by atoms with Gasteiger partial charge in [0.05, 0.1) is 30.1 Å².